The Morgan fingerprint density at radius 3 is 2.22 bits per heavy atom. The normalized spacial score (nSPS) is 17.7. The number of rotatable bonds is 10. The van der Waals surface area contributed by atoms with Crippen LogP contribution in [0.15, 0.2) is 29.2 Å². The first-order valence-electron chi connectivity index (χ1n) is 11.3. The highest BCUT2D eigenvalue weighted by Gasteiger charge is 2.35. The number of piperidine rings is 1. The summed E-state index contributed by atoms with van der Waals surface area (Å²) in [6.07, 6.45) is 3.27. The molecule has 9 heteroatoms. The van der Waals surface area contributed by atoms with Crippen molar-refractivity contribution in [2.24, 2.45) is 11.8 Å². The molecule has 1 amide bonds. The number of hydrogen-bond acceptors (Lipinski definition) is 6. The van der Waals surface area contributed by atoms with Gasteiger partial charge >= 0.3 is 5.97 Å². The van der Waals surface area contributed by atoms with Gasteiger partial charge in [-0.2, -0.15) is 4.31 Å². The Morgan fingerprint density at radius 1 is 1.06 bits per heavy atom. The lowest BCUT2D eigenvalue weighted by atomic mass is 9.96. The minimum absolute atomic E-state index is 0.00376. The van der Waals surface area contributed by atoms with E-state index in [0.717, 1.165) is 12.8 Å². The number of ether oxygens (including phenoxy) is 1. The first-order chi connectivity index (χ1) is 15.2. The van der Waals surface area contributed by atoms with Crippen LogP contribution in [0.25, 0.3) is 0 Å². The number of ketones is 1. The number of nitrogens with zero attached hydrogens (tertiary/aromatic N) is 2. The predicted octanol–water partition coefficient (Wildman–Crippen LogP) is 2.48. The van der Waals surface area contributed by atoms with Crippen molar-refractivity contribution in [2.45, 2.75) is 50.8 Å². The van der Waals surface area contributed by atoms with E-state index in [1.165, 1.54) is 35.5 Å². The van der Waals surface area contributed by atoms with Crippen molar-refractivity contribution in [3.63, 3.8) is 0 Å². The van der Waals surface area contributed by atoms with E-state index >= 15 is 0 Å². The Kier molecular flexibility index (Phi) is 8.05. The standard InChI is InChI=1S/C23H32N2O6S/c1-3-31-22(27)12-13-24(16-18-4-5-18)23(28)20-10-14-25(15-11-20)32(29,30)21-8-6-19(7-9-21)17(2)26/h6-9,18,20H,3-5,10-16H2,1-2H3. The largest absolute Gasteiger partial charge is 0.466 e. The lowest BCUT2D eigenvalue weighted by Gasteiger charge is -2.33. The van der Waals surface area contributed by atoms with Crippen LogP contribution in [0.4, 0.5) is 0 Å². The molecule has 0 bridgehead atoms. The highest BCUT2D eigenvalue weighted by Crippen LogP contribution is 2.31. The van der Waals surface area contributed by atoms with Crippen molar-refractivity contribution in [1.29, 1.82) is 0 Å². The molecular weight excluding hydrogens is 432 g/mol. The average Bonchev–Trinajstić information content (AvgIpc) is 3.60. The zero-order chi connectivity index (χ0) is 23.3. The molecule has 1 saturated carbocycles. The number of amides is 1. The molecule has 8 nitrogen and oxygen atoms in total. The topological polar surface area (TPSA) is 101 Å². The first-order valence-corrected chi connectivity index (χ1v) is 12.7. The molecule has 1 aromatic carbocycles. The lowest BCUT2D eigenvalue weighted by molar-refractivity contribution is -0.144. The number of carbonyl (C=O) groups excluding carboxylic acids is 3. The SMILES string of the molecule is CCOC(=O)CCN(CC1CC1)C(=O)C1CCN(S(=O)(=O)c2ccc(C(C)=O)cc2)CC1. The Balaban J connectivity index is 1.59. The van der Waals surface area contributed by atoms with Gasteiger partial charge < -0.3 is 9.64 Å². The minimum atomic E-state index is -3.67. The maximum atomic E-state index is 13.1. The summed E-state index contributed by atoms with van der Waals surface area (Å²) in [5.74, 6) is -0.170. The molecule has 0 aromatic heterocycles. The molecule has 0 spiro atoms. The summed E-state index contributed by atoms with van der Waals surface area (Å²) in [5, 5.41) is 0. The molecule has 1 saturated heterocycles. The second kappa shape index (κ2) is 10.6. The Bertz CT molecular complexity index is 932. The van der Waals surface area contributed by atoms with E-state index in [-0.39, 0.29) is 48.0 Å². The van der Waals surface area contributed by atoms with Crippen LogP contribution in [-0.2, 0) is 24.3 Å². The van der Waals surface area contributed by atoms with Crippen LogP contribution in [0, 0.1) is 11.8 Å². The van der Waals surface area contributed by atoms with Gasteiger partial charge in [0.05, 0.1) is 17.9 Å². The Labute approximate surface area is 190 Å². The summed E-state index contributed by atoms with van der Waals surface area (Å²) < 4.78 is 32.3. The fourth-order valence-electron chi connectivity index (χ4n) is 3.97. The summed E-state index contributed by atoms with van der Waals surface area (Å²) in [4.78, 5) is 38.2. The molecule has 2 fully saturated rings. The number of carbonyl (C=O) groups is 3. The van der Waals surface area contributed by atoms with Gasteiger partial charge in [-0.05, 0) is 57.6 Å². The molecule has 1 aliphatic heterocycles. The Morgan fingerprint density at radius 2 is 1.69 bits per heavy atom. The Hall–Kier alpha value is -2.26. The molecule has 1 heterocycles. The van der Waals surface area contributed by atoms with Crippen LogP contribution >= 0.6 is 0 Å². The number of sulfonamides is 1. The van der Waals surface area contributed by atoms with Crippen molar-refractivity contribution in [2.75, 3.05) is 32.8 Å². The number of Topliss-reactive ketones (excluding diaryl/α,β-unsaturated/α-hetero) is 1. The molecule has 1 aromatic rings. The van der Waals surface area contributed by atoms with Crippen molar-refractivity contribution in [3.05, 3.63) is 29.8 Å². The summed E-state index contributed by atoms with van der Waals surface area (Å²) in [7, 11) is -3.67. The fraction of sp³-hybridized carbons (Fsp3) is 0.609. The second-order valence-electron chi connectivity index (χ2n) is 8.54. The van der Waals surface area contributed by atoms with E-state index in [9.17, 15) is 22.8 Å². The number of hydrogen-bond donors (Lipinski definition) is 0. The molecule has 2 aliphatic rings. The van der Waals surface area contributed by atoms with Crippen molar-refractivity contribution < 1.29 is 27.5 Å². The summed E-state index contributed by atoms with van der Waals surface area (Å²) in [6.45, 7) is 5.04. The van der Waals surface area contributed by atoms with Gasteiger partial charge in [-0.15, -0.1) is 0 Å². The van der Waals surface area contributed by atoms with E-state index in [1.807, 2.05) is 0 Å². The second-order valence-corrected chi connectivity index (χ2v) is 10.5. The van der Waals surface area contributed by atoms with Crippen LogP contribution in [0.3, 0.4) is 0 Å². The van der Waals surface area contributed by atoms with E-state index in [1.54, 1.807) is 11.8 Å². The third-order valence-corrected chi connectivity index (χ3v) is 7.99. The zero-order valence-electron chi connectivity index (χ0n) is 18.8. The first kappa shape index (κ1) is 24.4. The monoisotopic (exact) mass is 464 g/mol. The van der Waals surface area contributed by atoms with Crippen LogP contribution in [0.1, 0.15) is 56.3 Å². The predicted molar refractivity (Wildman–Crippen MR) is 118 cm³/mol. The van der Waals surface area contributed by atoms with Gasteiger partial charge in [-0.1, -0.05) is 12.1 Å². The van der Waals surface area contributed by atoms with Gasteiger partial charge in [0.15, 0.2) is 5.78 Å². The fourth-order valence-corrected chi connectivity index (χ4v) is 5.44. The van der Waals surface area contributed by atoms with Gasteiger partial charge in [0.1, 0.15) is 0 Å². The molecule has 0 N–H and O–H groups in total. The number of esters is 1. The van der Waals surface area contributed by atoms with Gasteiger partial charge in [-0.3, -0.25) is 14.4 Å². The highest BCUT2D eigenvalue weighted by molar-refractivity contribution is 7.89. The zero-order valence-corrected chi connectivity index (χ0v) is 19.6. The van der Waals surface area contributed by atoms with E-state index in [2.05, 4.69) is 0 Å². The highest BCUT2D eigenvalue weighted by atomic mass is 32.2. The average molecular weight is 465 g/mol. The molecule has 176 valence electrons. The van der Waals surface area contributed by atoms with Crippen molar-refractivity contribution in [1.82, 2.24) is 9.21 Å². The molecule has 0 radical (unpaired) electrons. The quantitative estimate of drug-likeness (QED) is 0.389. The van der Waals surface area contributed by atoms with Gasteiger partial charge in [0.2, 0.25) is 15.9 Å². The summed E-state index contributed by atoms with van der Waals surface area (Å²) in [5.41, 5.74) is 0.465. The third-order valence-electron chi connectivity index (χ3n) is 6.08. The molecule has 0 atom stereocenters. The lowest BCUT2D eigenvalue weighted by Crippen LogP contribution is -2.45. The molecule has 1 aliphatic carbocycles. The van der Waals surface area contributed by atoms with Crippen LogP contribution < -0.4 is 0 Å². The van der Waals surface area contributed by atoms with Crippen molar-refractivity contribution in [3.8, 4) is 0 Å². The maximum Gasteiger partial charge on any atom is 0.307 e. The van der Waals surface area contributed by atoms with Gasteiger partial charge in [-0.25, -0.2) is 8.42 Å². The van der Waals surface area contributed by atoms with Gasteiger partial charge in [0, 0.05) is 37.7 Å². The van der Waals surface area contributed by atoms with Crippen LogP contribution in [0.5, 0.6) is 0 Å². The van der Waals surface area contributed by atoms with Crippen LogP contribution in [0.2, 0.25) is 0 Å². The molecular formula is C23H32N2O6S. The smallest absolute Gasteiger partial charge is 0.307 e. The summed E-state index contributed by atoms with van der Waals surface area (Å²) in [6, 6.07) is 5.95. The minimum Gasteiger partial charge on any atom is -0.466 e. The van der Waals surface area contributed by atoms with E-state index in [4.69, 9.17) is 4.74 Å². The van der Waals surface area contributed by atoms with Crippen LogP contribution in [-0.4, -0.2) is 68.1 Å². The van der Waals surface area contributed by atoms with E-state index < -0.39 is 10.0 Å². The number of benzene rings is 1. The van der Waals surface area contributed by atoms with Gasteiger partial charge in [0.25, 0.3) is 0 Å². The molecule has 0 unspecified atom stereocenters. The molecule has 32 heavy (non-hydrogen) atoms. The third kappa shape index (κ3) is 6.16. The van der Waals surface area contributed by atoms with E-state index in [0.29, 0.717) is 44.0 Å². The maximum absolute atomic E-state index is 13.1. The van der Waals surface area contributed by atoms with Crippen molar-refractivity contribution >= 4 is 27.7 Å². The summed E-state index contributed by atoms with van der Waals surface area (Å²) >= 11 is 0. The molecule has 3 rings (SSSR count).